The molecule has 2 aliphatic carbocycles. The quantitative estimate of drug-likeness (QED) is 0.367. The van der Waals surface area contributed by atoms with Gasteiger partial charge in [0.25, 0.3) is 5.91 Å². The molecule has 1 amide bonds. The fourth-order valence-electron chi connectivity index (χ4n) is 7.37. The number of nitrogens with zero attached hydrogens (tertiary/aromatic N) is 3. The molecule has 3 fully saturated rings. The van der Waals surface area contributed by atoms with Crippen LogP contribution in [0.1, 0.15) is 84.2 Å². The van der Waals surface area contributed by atoms with E-state index in [1.165, 1.54) is 29.2 Å². The Hall–Kier alpha value is -2.65. The zero-order chi connectivity index (χ0) is 28.8. The van der Waals surface area contributed by atoms with E-state index < -0.39 is 11.9 Å². The number of unbranched alkanes of at least 4 members (excludes halogenated alkanes) is 1. The summed E-state index contributed by atoms with van der Waals surface area (Å²) in [4.78, 5) is 21.1. The Morgan fingerprint density at radius 2 is 1.95 bits per heavy atom. The molecule has 9 heteroatoms. The van der Waals surface area contributed by atoms with Crippen molar-refractivity contribution >= 4 is 5.91 Å². The highest BCUT2D eigenvalue weighted by atomic mass is 19.4. The third kappa shape index (κ3) is 5.22. The van der Waals surface area contributed by atoms with Crippen molar-refractivity contribution in [3.05, 3.63) is 58.4 Å². The summed E-state index contributed by atoms with van der Waals surface area (Å²) < 4.78 is 44.7. The molecule has 5 unspecified atom stereocenters. The number of rotatable bonds is 10. The van der Waals surface area contributed by atoms with Gasteiger partial charge in [0.1, 0.15) is 11.4 Å². The van der Waals surface area contributed by atoms with Gasteiger partial charge in [-0.1, -0.05) is 6.07 Å². The van der Waals surface area contributed by atoms with Crippen LogP contribution in [0.2, 0.25) is 0 Å². The fourth-order valence-corrected chi connectivity index (χ4v) is 7.37. The Balaban J connectivity index is 1.21. The first-order valence-corrected chi connectivity index (χ1v) is 14.4. The highest BCUT2D eigenvalue weighted by Gasteiger charge is 2.70. The highest BCUT2D eigenvalue weighted by Crippen LogP contribution is 2.67. The van der Waals surface area contributed by atoms with Crippen LogP contribution in [-0.4, -0.2) is 66.1 Å². The van der Waals surface area contributed by atoms with Crippen LogP contribution in [0.5, 0.6) is 5.75 Å². The number of piperidine rings is 1. The van der Waals surface area contributed by atoms with Gasteiger partial charge in [-0.2, -0.15) is 13.2 Å². The molecule has 5 rings (SSSR count). The lowest BCUT2D eigenvalue weighted by atomic mass is 9.52. The number of halogens is 3. The van der Waals surface area contributed by atoms with Crippen molar-refractivity contribution in [2.75, 3.05) is 27.2 Å². The maximum absolute atomic E-state index is 12.8. The summed E-state index contributed by atoms with van der Waals surface area (Å²) in [6, 6.07) is 7.56. The minimum Gasteiger partial charge on any atom is -0.493 e. The largest absolute Gasteiger partial charge is 0.493 e. The van der Waals surface area contributed by atoms with Crippen LogP contribution in [0, 0.1) is 19.3 Å². The number of nitrogens with one attached hydrogen (secondary N) is 1. The molecule has 1 N–H and O–H groups in total. The molecule has 5 atom stereocenters. The van der Waals surface area contributed by atoms with Crippen molar-refractivity contribution in [3.8, 4) is 5.75 Å². The highest BCUT2D eigenvalue weighted by molar-refractivity contribution is 5.94. The lowest BCUT2D eigenvalue weighted by Crippen LogP contribution is -2.74. The predicted molar refractivity (Wildman–Crippen MR) is 148 cm³/mol. The number of pyridine rings is 1. The predicted octanol–water partition coefficient (Wildman–Crippen LogP) is 5.92. The van der Waals surface area contributed by atoms with Gasteiger partial charge in [0.15, 0.2) is 0 Å². The minimum absolute atomic E-state index is 0.00546. The van der Waals surface area contributed by atoms with Crippen LogP contribution in [0.3, 0.4) is 0 Å². The normalized spacial score (nSPS) is 26.5. The molecule has 0 bridgehead atoms. The number of amides is 1. The van der Waals surface area contributed by atoms with Gasteiger partial charge in [0.2, 0.25) is 0 Å². The third-order valence-corrected chi connectivity index (χ3v) is 9.65. The van der Waals surface area contributed by atoms with E-state index in [1.807, 2.05) is 0 Å². The van der Waals surface area contributed by atoms with Crippen LogP contribution in [0.25, 0.3) is 0 Å². The van der Waals surface area contributed by atoms with Gasteiger partial charge in [-0.25, -0.2) is 0 Å². The second-order valence-corrected chi connectivity index (χ2v) is 12.2. The summed E-state index contributed by atoms with van der Waals surface area (Å²) in [7, 11) is 4.17. The number of benzene rings is 1. The van der Waals surface area contributed by atoms with E-state index >= 15 is 0 Å². The van der Waals surface area contributed by atoms with Gasteiger partial charge in [-0.15, -0.1) is 0 Å². The second kappa shape index (κ2) is 11.0. The first kappa shape index (κ1) is 28.9. The maximum atomic E-state index is 12.8. The van der Waals surface area contributed by atoms with E-state index in [-0.39, 0.29) is 29.0 Å². The molecule has 0 radical (unpaired) electrons. The van der Waals surface area contributed by atoms with E-state index in [4.69, 9.17) is 4.74 Å². The number of likely N-dealkylation sites (tertiary alicyclic amines) is 1. The number of carbonyl (C=O) groups excluding carboxylic acids is 1. The minimum atomic E-state index is -4.52. The van der Waals surface area contributed by atoms with Gasteiger partial charge < -0.3 is 15.0 Å². The molecule has 218 valence electrons. The summed E-state index contributed by atoms with van der Waals surface area (Å²) in [6.07, 6.45) is 2.74. The fraction of sp³-hybridized carbons (Fsp3) is 0.613. The van der Waals surface area contributed by atoms with Crippen LogP contribution in [-0.2, 0) is 6.18 Å². The van der Waals surface area contributed by atoms with Crippen LogP contribution in [0.4, 0.5) is 13.2 Å². The SMILES string of the molecule is Cc1c(OCCCCN(C)C)ccc(C(C)N2C3CCC34CC(NC(=O)c3ccc(C(F)(F)F)nc3)CC24)c1C. The molecular formula is C31H41F3N4O2. The number of ether oxygens (including phenoxy) is 1. The molecule has 1 aliphatic heterocycles. The van der Waals surface area contributed by atoms with Crippen molar-refractivity contribution in [1.82, 2.24) is 20.1 Å². The Labute approximate surface area is 235 Å². The smallest absolute Gasteiger partial charge is 0.433 e. The average Bonchev–Trinajstić information content (AvgIpc) is 3.26. The number of hydrogen-bond acceptors (Lipinski definition) is 5. The third-order valence-electron chi connectivity index (χ3n) is 9.65. The first-order valence-electron chi connectivity index (χ1n) is 14.4. The van der Waals surface area contributed by atoms with Crippen molar-refractivity contribution < 1.29 is 22.7 Å². The van der Waals surface area contributed by atoms with E-state index in [0.29, 0.717) is 12.1 Å². The van der Waals surface area contributed by atoms with Crippen molar-refractivity contribution in [2.24, 2.45) is 5.41 Å². The molecule has 1 aromatic heterocycles. The van der Waals surface area contributed by atoms with Crippen molar-refractivity contribution in [3.63, 3.8) is 0 Å². The van der Waals surface area contributed by atoms with Crippen LogP contribution < -0.4 is 10.1 Å². The first-order chi connectivity index (χ1) is 18.9. The Morgan fingerprint density at radius 1 is 1.18 bits per heavy atom. The number of alkyl halides is 3. The van der Waals surface area contributed by atoms with E-state index in [9.17, 15) is 18.0 Å². The molecule has 2 saturated carbocycles. The number of hydrogen-bond donors (Lipinski definition) is 1. The van der Waals surface area contributed by atoms with E-state index in [0.717, 1.165) is 63.3 Å². The molecule has 6 nitrogen and oxygen atoms in total. The molecular weight excluding hydrogens is 517 g/mol. The zero-order valence-electron chi connectivity index (χ0n) is 24.1. The molecule has 1 aromatic carbocycles. The van der Waals surface area contributed by atoms with Crippen molar-refractivity contribution in [1.29, 1.82) is 0 Å². The summed E-state index contributed by atoms with van der Waals surface area (Å²) in [5, 5.41) is 3.09. The topological polar surface area (TPSA) is 57.7 Å². The Bertz CT molecular complexity index is 1230. The lowest BCUT2D eigenvalue weighted by molar-refractivity contribution is -0.206. The van der Waals surface area contributed by atoms with Gasteiger partial charge >= 0.3 is 6.18 Å². The van der Waals surface area contributed by atoms with Gasteiger partial charge in [0, 0.05) is 35.8 Å². The average molecular weight is 559 g/mol. The van der Waals surface area contributed by atoms with Gasteiger partial charge in [-0.05, 0) is 115 Å². The Morgan fingerprint density at radius 3 is 2.58 bits per heavy atom. The van der Waals surface area contributed by atoms with E-state index in [2.05, 4.69) is 67.1 Å². The van der Waals surface area contributed by atoms with Gasteiger partial charge in [-0.3, -0.25) is 14.7 Å². The molecule has 40 heavy (non-hydrogen) atoms. The number of carbonyl (C=O) groups is 1. The van der Waals surface area contributed by atoms with Crippen LogP contribution >= 0.6 is 0 Å². The molecule has 2 heterocycles. The number of aromatic nitrogens is 1. The Kier molecular flexibility index (Phi) is 7.92. The summed E-state index contributed by atoms with van der Waals surface area (Å²) in [6.45, 7) is 8.39. The zero-order valence-corrected chi connectivity index (χ0v) is 24.1. The second-order valence-electron chi connectivity index (χ2n) is 12.2. The standard InChI is InChI=1S/C31H41F3N4O2/c1-19-20(2)25(40-15-7-6-14-37(4)5)10-9-24(19)21(3)38-27-12-13-30(27)17-23(16-28(30)38)36-29(39)22-8-11-26(35-18-22)31(32,33)34/h8-11,18,21,23,27-28H,6-7,12-17H2,1-5H3,(H,36,39). The van der Waals surface area contributed by atoms with E-state index in [1.54, 1.807) is 0 Å². The summed E-state index contributed by atoms with van der Waals surface area (Å²) in [5.74, 6) is 0.601. The summed E-state index contributed by atoms with van der Waals surface area (Å²) in [5.41, 5.74) is 3.19. The summed E-state index contributed by atoms with van der Waals surface area (Å²) >= 11 is 0. The maximum Gasteiger partial charge on any atom is 0.433 e. The molecule has 1 spiro atoms. The van der Waals surface area contributed by atoms with Crippen LogP contribution in [0.15, 0.2) is 30.5 Å². The van der Waals surface area contributed by atoms with Crippen molar-refractivity contribution in [2.45, 2.75) is 89.6 Å². The van der Waals surface area contributed by atoms with Gasteiger partial charge in [0.05, 0.1) is 12.2 Å². The monoisotopic (exact) mass is 558 g/mol. The lowest BCUT2D eigenvalue weighted by Gasteiger charge is -2.70. The molecule has 3 aliphatic rings. The molecule has 2 aromatic rings. The molecule has 1 saturated heterocycles.